The number of hydrogen-bond donors (Lipinski definition) is 0. The van der Waals surface area contributed by atoms with Gasteiger partial charge in [0, 0.05) is 18.0 Å². The highest BCUT2D eigenvalue weighted by Crippen LogP contribution is 2.69. The molecule has 6 rings (SSSR count). The van der Waals surface area contributed by atoms with E-state index in [4.69, 9.17) is 4.98 Å². The van der Waals surface area contributed by atoms with E-state index in [9.17, 15) is 13.2 Å². The second-order valence-electron chi connectivity index (χ2n) is 9.48. The van der Waals surface area contributed by atoms with Crippen LogP contribution in [0.5, 0.6) is 0 Å². The van der Waals surface area contributed by atoms with E-state index in [1.165, 1.54) is 30.5 Å². The fourth-order valence-corrected chi connectivity index (χ4v) is 6.00. The molecule has 170 valence electrons. The zero-order chi connectivity index (χ0) is 23.7. The van der Waals surface area contributed by atoms with Crippen LogP contribution in [0.3, 0.4) is 0 Å². The van der Waals surface area contributed by atoms with Crippen LogP contribution < -0.4 is 0 Å². The monoisotopic (exact) mass is 459 g/mol. The minimum absolute atomic E-state index is 0.137. The Bertz CT molecular complexity index is 1420. The van der Waals surface area contributed by atoms with Crippen LogP contribution in [0.1, 0.15) is 49.6 Å². The largest absolute Gasteiger partial charge is 0.237 e. The van der Waals surface area contributed by atoms with Crippen molar-refractivity contribution in [1.29, 1.82) is 0 Å². The highest BCUT2D eigenvalue weighted by Gasteiger charge is 2.65. The van der Waals surface area contributed by atoms with E-state index in [1.54, 1.807) is 18.3 Å². The zero-order valence-corrected chi connectivity index (χ0v) is 18.6. The molecule has 1 saturated carbocycles. The zero-order valence-electron chi connectivity index (χ0n) is 18.6. The van der Waals surface area contributed by atoms with E-state index in [1.807, 2.05) is 6.07 Å². The van der Waals surface area contributed by atoms with Gasteiger partial charge in [0.1, 0.15) is 11.6 Å². The molecule has 4 aromatic rings. The van der Waals surface area contributed by atoms with E-state index < -0.39 is 23.0 Å². The van der Waals surface area contributed by atoms with Gasteiger partial charge in [-0.05, 0) is 66.1 Å². The number of aromatic nitrogens is 5. The Hall–Kier alpha value is -3.68. The minimum Gasteiger partial charge on any atom is -0.237 e. The van der Waals surface area contributed by atoms with E-state index in [-0.39, 0.29) is 22.6 Å². The van der Waals surface area contributed by atoms with E-state index >= 15 is 0 Å². The first-order chi connectivity index (χ1) is 16.3. The van der Waals surface area contributed by atoms with Gasteiger partial charge in [0.15, 0.2) is 5.82 Å². The van der Waals surface area contributed by atoms with Crippen LogP contribution in [0.15, 0.2) is 54.9 Å². The molecule has 3 heterocycles. The van der Waals surface area contributed by atoms with Crippen molar-refractivity contribution in [3.63, 3.8) is 0 Å². The van der Waals surface area contributed by atoms with Gasteiger partial charge in [-0.3, -0.25) is 0 Å². The molecule has 3 aromatic heterocycles. The second kappa shape index (κ2) is 7.16. The standard InChI is InChI=1S/C26H20F3N5/c1-25(2)16-8-10-26(25,20-9-11-30-24(32-20)14-6-7-21(29)31-13-14)23-15(16)12-19(33-34-23)22-17(27)4-3-5-18(22)28/h3-7,9,11-13,16H,8,10H2,1-2H3/t16-,26-/m0/s1. The Morgan fingerprint density at radius 2 is 1.74 bits per heavy atom. The summed E-state index contributed by atoms with van der Waals surface area (Å²) in [4.78, 5) is 13.0. The van der Waals surface area contributed by atoms with Crippen LogP contribution in [0.2, 0.25) is 0 Å². The fourth-order valence-electron chi connectivity index (χ4n) is 6.00. The third-order valence-corrected chi connectivity index (χ3v) is 7.68. The molecule has 0 amide bonds. The van der Waals surface area contributed by atoms with Gasteiger partial charge in [0.2, 0.25) is 5.95 Å². The number of benzene rings is 1. The van der Waals surface area contributed by atoms with Crippen molar-refractivity contribution in [3.8, 4) is 22.6 Å². The molecule has 2 aliphatic rings. The van der Waals surface area contributed by atoms with Crippen molar-refractivity contribution >= 4 is 0 Å². The molecule has 0 spiro atoms. The van der Waals surface area contributed by atoms with E-state index in [0.717, 1.165) is 29.8 Å². The number of pyridine rings is 1. The molecule has 2 atom stereocenters. The van der Waals surface area contributed by atoms with Crippen LogP contribution in [-0.4, -0.2) is 25.1 Å². The molecule has 0 aliphatic heterocycles. The van der Waals surface area contributed by atoms with Crippen LogP contribution >= 0.6 is 0 Å². The van der Waals surface area contributed by atoms with Crippen LogP contribution in [-0.2, 0) is 5.41 Å². The van der Waals surface area contributed by atoms with Gasteiger partial charge in [0.25, 0.3) is 0 Å². The van der Waals surface area contributed by atoms with Gasteiger partial charge in [-0.1, -0.05) is 19.9 Å². The Morgan fingerprint density at radius 1 is 0.941 bits per heavy atom. The van der Waals surface area contributed by atoms with Gasteiger partial charge in [-0.2, -0.15) is 9.49 Å². The first-order valence-corrected chi connectivity index (χ1v) is 11.1. The normalized spacial score (nSPS) is 22.1. The van der Waals surface area contributed by atoms with Gasteiger partial charge >= 0.3 is 0 Å². The van der Waals surface area contributed by atoms with Crippen LogP contribution in [0.25, 0.3) is 22.6 Å². The first kappa shape index (κ1) is 20.9. The van der Waals surface area contributed by atoms with Gasteiger partial charge < -0.3 is 0 Å². The van der Waals surface area contributed by atoms with Crippen LogP contribution in [0.4, 0.5) is 13.2 Å². The maximum Gasteiger partial charge on any atom is 0.212 e. The third kappa shape index (κ3) is 2.71. The molecule has 0 N–H and O–H groups in total. The molecule has 1 aromatic carbocycles. The molecule has 0 saturated heterocycles. The SMILES string of the molecule is CC1(C)[C@H]2CC[C@]1(c1ccnc(-c3ccc(F)nc3)n1)c1nnc(-c3c(F)cccc3F)cc12. The lowest BCUT2D eigenvalue weighted by atomic mass is 9.66. The van der Waals surface area contributed by atoms with Crippen LogP contribution in [0, 0.1) is 23.0 Å². The summed E-state index contributed by atoms with van der Waals surface area (Å²) in [6, 6.07) is 10.3. The Labute approximate surface area is 194 Å². The van der Waals surface area contributed by atoms with Crippen molar-refractivity contribution in [2.75, 3.05) is 0 Å². The quantitative estimate of drug-likeness (QED) is 0.372. The molecule has 0 unspecified atom stereocenters. The predicted octanol–water partition coefficient (Wildman–Crippen LogP) is 5.62. The third-order valence-electron chi connectivity index (χ3n) is 7.68. The molecule has 2 aliphatic carbocycles. The predicted molar refractivity (Wildman–Crippen MR) is 119 cm³/mol. The summed E-state index contributed by atoms with van der Waals surface area (Å²) >= 11 is 0. The van der Waals surface area contributed by atoms with Crippen molar-refractivity contribution < 1.29 is 13.2 Å². The number of rotatable bonds is 3. The lowest BCUT2D eigenvalue weighted by Gasteiger charge is -2.37. The average molecular weight is 459 g/mol. The van der Waals surface area contributed by atoms with Gasteiger partial charge in [-0.25, -0.2) is 23.7 Å². The lowest BCUT2D eigenvalue weighted by molar-refractivity contribution is 0.243. The first-order valence-electron chi connectivity index (χ1n) is 11.1. The lowest BCUT2D eigenvalue weighted by Crippen LogP contribution is -2.38. The molecule has 5 nitrogen and oxygen atoms in total. The fraction of sp³-hybridized carbons (Fsp3) is 0.269. The maximum atomic E-state index is 14.4. The number of hydrogen-bond acceptors (Lipinski definition) is 5. The van der Waals surface area contributed by atoms with Crippen molar-refractivity contribution in [3.05, 3.63) is 89.4 Å². The summed E-state index contributed by atoms with van der Waals surface area (Å²) in [7, 11) is 0. The number of nitrogens with zero attached hydrogens (tertiary/aromatic N) is 5. The molecular formula is C26H20F3N5. The van der Waals surface area contributed by atoms with Crippen molar-refractivity contribution in [1.82, 2.24) is 25.1 Å². The highest BCUT2D eigenvalue weighted by molar-refractivity contribution is 5.64. The van der Waals surface area contributed by atoms with Crippen molar-refractivity contribution in [2.24, 2.45) is 5.41 Å². The topological polar surface area (TPSA) is 64.5 Å². The molecule has 0 radical (unpaired) electrons. The molecule has 8 heteroatoms. The maximum absolute atomic E-state index is 14.4. The second-order valence-corrected chi connectivity index (χ2v) is 9.48. The Morgan fingerprint density at radius 3 is 2.47 bits per heavy atom. The van der Waals surface area contributed by atoms with Gasteiger partial charge in [0.05, 0.1) is 28.1 Å². The minimum atomic E-state index is -0.667. The Kier molecular flexibility index (Phi) is 4.40. The summed E-state index contributed by atoms with van der Waals surface area (Å²) in [5, 5.41) is 8.82. The Balaban J connectivity index is 1.51. The smallest absolute Gasteiger partial charge is 0.212 e. The molecular weight excluding hydrogens is 439 g/mol. The van der Waals surface area contributed by atoms with E-state index in [0.29, 0.717) is 11.4 Å². The van der Waals surface area contributed by atoms with Crippen molar-refractivity contribution in [2.45, 2.75) is 38.0 Å². The molecule has 2 bridgehead atoms. The molecule has 1 fully saturated rings. The number of fused-ring (bicyclic) bond motifs is 5. The highest BCUT2D eigenvalue weighted by atomic mass is 19.1. The summed E-state index contributed by atoms with van der Waals surface area (Å²) in [6.45, 7) is 4.36. The molecule has 34 heavy (non-hydrogen) atoms. The summed E-state index contributed by atoms with van der Waals surface area (Å²) in [5.74, 6) is -1.32. The van der Waals surface area contributed by atoms with Gasteiger partial charge in [-0.15, -0.1) is 5.10 Å². The average Bonchev–Trinajstić information content (AvgIpc) is 3.21. The summed E-state index contributed by atoms with van der Waals surface area (Å²) in [6.07, 6.45) is 4.81. The van der Waals surface area contributed by atoms with E-state index in [2.05, 4.69) is 34.0 Å². The number of halogens is 3. The summed E-state index contributed by atoms with van der Waals surface area (Å²) in [5.41, 5.74) is 2.38. The summed E-state index contributed by atoms with van der Waals surface area (Å²) < 4.78 is 42.2.